The van der Waals surface area contributed by atoms with Crippen LogP contribution in [0.3, 0.4) is 0 Å². The minimum Gasteiger partial charge on any atom is -0.427 e. The van der Waals surface area contributed by atoms with E-state index >= 15 is 0 Å². The van der Waals surface area contributed by atoms with Gasteiger partial charge < -0.3 is 14.9 Å². The molecule has 3 aromatic rings. The molecule has 1 fully saturated rings. The zero-order valence-electron chi connectivity index (χ0n) is 18.6. The molecule has 0 radical (unpaired) electrons. The van der Waals surface area contributed by atoms with Gasteiger partial charge in [-0.1, -0.05) is 0 Å². The molecule has 0 unspecified atom stereocenters. The summed E-state index contributed by atoms with van der Waals surface area (Å²) >= 11 is 1.47. The number of nitrogens with one attached hydrogen (secondary N) is 1. The van der Waals surface area contributed by atoms with Crippen molar-refractivity contribution < 1.29 is 19.2 Å². The maximum atomic E-state index is 12.6. The van der Waals surface area contributed by atoms with Crippen molar-refractivity contribution in [1.29, 1.82) is 0 Å². The first-order valence-electron chi connectivity index (χ1n) is 10.5. The van der Waals surface area contributed by atoms with Crippen molar-refractivity contribution in [3.05, 3.63) is 46.7 Å². The Kier molecular flexibility index (Phi) is 6.65. The van der Waals surface area contributed by atoms with Crippen LogP contribution in [0.1, 0.15) is 55.0 Å². The Morgan fingerprint density at radius 2 is 1.88 bits per heavy atom. The van der Waals surface area contributed by atoms with Crippen LogP contribution >= 0.6 is 11.3 Å². The van der Waals surface area contributed by atoms with Gasteiger partial charge in [0.05, 0.1) is 10.7 Å². The van der Waals surface area contributed by atoms with Crippen LogP contribution in [-0.2, 0) is 9.57 Å². The van der Waals surface area contributed by atoms with E-state index in [0.29, 0.717) is 24.5 Å². The largest absolute Gasteiger partial charge is 0.528 e. The van der Waals surface area contributed by atoms with Crippen LogP contribution < -0.4 is 5.32 Å². The number of rotatable bonds is 5. The van der Waals surface area contributed by atoms with E-state index in [2.05, 4.69) is 25.8 Å². The lowest BCUT2D eigenvalue weighted by molar-refractivity contribution is -0.152. The number of ether oxygens (including phenoxy) is 1. The van der Waals surface area contributed by atoms with E-state index in [-0.39, 0.29) is 11.8 Å². The van der Waals surface area contributed by atoms with E-state index in [4.69, 9.17) is 9.57 Å². The molecule has 1 amide bonds. The summed E-state index contributed by atoms with van der Waals surface area (Å²) in [6, 6.07) is 7.18. The third kappa shape index (κ3) is 6.11. The first kappa shape index (κ1) is 22.8. The highest BCUT2D eigenvalue weighted by atomic mass is 32.1. The summed E-state index contributed by atoms with van der Waals surface area (Å²) in [6.07, 6.45) is 2.35. The summed E-state index contributed by atoms with van der Waals surface area (Å²) in [7, 11) is 0. The number of hydroxylamine groups is 2. The number of carbonyl (C=O) groups excluding carboxylic acids is 2. The van der Waals surface area contributed by atoms with E-state index < -0.39 is 11.8 Å². The first-order chi connectivity index (χ1) is 15.8. The second-order valence-electron chi connectivity index (χ2n) is 8.59. The fourth-order valence-electron chi connectivity index (χ4n) is 3.32. The van der Waals surface area contributed by atoms with Gasteiger partial charge in [-0.2, -0.15) is 0 Å². The molecule has 1 aliphatic heterocycles. The summed E-state index contributed by atoms with van der Waals surface area (Å²) < 4.78 is 6.72. The SMILES string of the molecule is CC(C)(C)OC(=O)ON1CCC(c2nc(C(=O)Nc3ccc(-n4cnnn4)cc3)cs2)CC1. The Morgan fingerprint density at radius 1 is 1.15 bits per heavy atom. The van der Waals surface area contributed by atoms with Crippen molar-refractivity contribution >= 4 is 29.1 Å². The summed E-state index contributed by atoms with van der Waals surface area (Å²) in [4.78, 5) is 34.3. The smallest absolute Gasteiger partial charge is 0.427 e. The summed E-state index contributed by atoms with van der Waals surface area (Å²) in [5, 5.41) is 18.2. The summed E-state index contributed by atoms with van der Waals surface area (Å²) in [5.41, 5.74) is 1.23. The molecule has 1 aromatic carbocycles. The third-order valence-electron chi connectivity index (χ3n) is 4.89. The molecule has 0 spiro atoms. The lowest BCUT2D eigenvalue weighted by Crippen LogP contribution is -2.37. The van der Waals surface area contributed by atoms with Crippen LogP contribution in [0.15, 0.2) is 36.0 Å². The molecule has 2 aromatic heterocycles. The molecular weight excluding hydrogens is 446 g/mol. The van der Waals surface area contributed by atoms with Gasteiger partial charge in [0, 0.05) is 30.1 Å². The number of hydrogen-bond acceptors (Lipinski definition) is 10. The van der Waals surface area contributed by atoms with E-state index in [1.54, 1.807) is 43.3 Å². The van der Waals surface area contributed by atoms with Crippen LogP contribution in [0, 0.1) is 0 Å². The number of piperidine rings is 1. The fraction of sp³-hybridized carbons (Fsp3) is 0.429. The topological polar surface area (TPSA) is 124 Å². The van der Waals surface area contributed by atoms with Crippen molar-refractivity contribution in [3.63, 3.8) is 0 Å². The molecule has 0 atom stereocenters. The number of anilines is 1. The summed E-state index contributed by atoms with van der Waals surface area (Å²) in [6.45, 7) is 6.55. The summed E-state index contributed by atoms with van der Waals surface area (Å²) in [5.74, 6) is -0.0519. The molecular formula is C21H25N7O4S. The molecule has 3 heterocycles. The number of aromatic nitrogens is 5. The number of benzene rings is 1. The van der Waals surface area contributed by atoms with Gasteiger partial charge >= 0.3 is 6.16 Å². The van der Waals surface area contributed by atoms with Crippen LogP contribution in [-0.4, -0.2) is 61.0 Å². The highest BCUT2D eigenvalue weighted by Gasteiger charge is 2.27. The molecule has 0 aliphatic carbocycles. The van der Waals surface area contributed by atoms with Crippen molar-refractivity contribution in [3.8, 4) is 5.69 Å². The maximum absolute atomic E-state index is 12.6. The van der Waals surface area contributed by atoms with Crippen molar-refractivity contribution in [1.82, 2.24) is 30.3 Å². The number of hydrogen-bond donors (Lipinski definition) is 1. The number of nitrogens with zero attached hydrogens (tertiary/aromatic N) is 6. The van der Waals surface area contributed by atoms with Gasteiger partial charge in [0.2, 0.25) is 0 Å². The van der Waals surface area contributed by atoms with Crippen molar-refractivity contribution in [2.24, 2.45) is 0 Å². The van der Waals surface area contributed by atoms with Crippen LogP contribution in [0.2, 0.25) is 0 Å². The van der Waals surface area contributed by atoms with Crippen LogP contribution in [0.5, 0.6) is 0 Å². The average Bonchev–Trinajstić information content (AvgIpc) is 3.46. The number of carbonyl (C=O) groups is 2. The lowest BCUT2D eigenvalue weighted by Gasteiger charge is -2.30. The second-order valence-corrected chi connectivity index (χ2v) is 9.48. The Hall–Kier alpha value is -3.38. The molecule has 33 heavy (non-hydrogen) atoms. The fourth-order valence-corrected chi connectivity index (χ4v) is 4.29. The second kappa shape index (κ2) is 9.63. The first-order valence-corrected chi connectivity index (χ1v) is 11.4. The van der Waals surface area contributed by atoms with Crippen LogP contribution in [0.25, 0.3) is 5.69 Å². The molecule has 12 heteroatoms. The molecule has 0 bridgehead atoms. The van der Waals surface area contributed by atoms with Gasteiger partial charge in [0.25, 0.3) is 5.91 Å². The maximum Gasteiger partial charge on any atom is 0.528 e. The van der Waals surface area contributed by atoms with Crippen molar-refractivity contribution in [2.75, 3.05) is 18.4 Å². The zero-order valence-corrected chi connectivity index (χ0v) is 19.4. The van der Waals surface area contributed by atoms with Gasteiger partial charge in [-0.3, -0.25) is 4.79 Å². The molecule has 174 valence electrons. The molecule has 4 rings (SSSR count). The Balaban J connectivity index is 1.28. The molecule has 1 N–H and O–H groups in total. The minimum atomic E-state index is -0.694. The monoisotopic (exact) mass is 471 g/mol. The normalized spacial score (nSPS) is 15.2. The Bertz CT molecular complexity index is 1080. The highest BCUT2D eigenvalue weighted by molar-refractivity contribution is 7.10. The van der Waals surface area contributed by atoms with E-state index in [9.17, 15) is 9.59 Å². The van der Waals surface area contributed by atoms with Gasteiger partial charge in [0.15, 0.2) is 0 Å². The number of amides is 1. The minimum absolute atomic E-state index is 0.214. The Morgan fingerprint density at radius 3 is 2.52 bits per heavy atom. The standard InChI is InChI=1S/C21H25N7O4S/c1-21(2,3)31-20(30)32-27-10-8-14(9-11-27)19-24-17(12-33-19)18(29)23-15-4-6-16(7-5-15)28-13-22-25-26-28/h4-7,12-14H,8-11H2,1-3H3,(H,23,29). The predicted octanol–water partition coefficient (Wildman–Crippen LogP) is 3.42. The highest BCUT2D eigenvalue weighted by Crippen LogP contribution is 2.31. The van der Waals surface area contributed by atoms with Gasteiger partial charge in [-0.25, -0.2) is 14.5 Å². The van der Waals surface area contributed by atoms with Crippen molar-refractivity contribution in [2.45, 2.75) is 45.1 Å². The quantitative estimate of drug-likeness (QED) is 0.557. The van der Waals surface area contributed by atoms with Gasteiger partial charge in [-0.15, -0.1) is 21.5 Å². The average molecular weight is 472 g/mol. The van der Waals surface area contributed by atoms with E-state index in [0.717, 1.165) is 23.5 Å². The van der Waals surface area contributed by atoms with Gasteiger partial charge in [-0.05, 0) is 68.3 Å². The number of tetrazole rings is 1. The molecule has 0 saturated carbocycles. The molecule has 1 aliphatic rings. The van der Waals surface area contributed by atoms with Gasteiger partial charge in [0.1, 0.15) is 17.6 Å². The molecule has 11 nitrogen and oxygen atoms in total. The Labute approximate surface area is 194 Å². The van der Waals surface area contributed by atoms with E-state index in [1.165, 1.54) is 22.3 Å². The zero-order chi connectivity index (χ0) is 23.4. The van der Waals surface area contributed by atoms with Crippen LogP contribution in [0.4, 0.5) is 10.5 Å². The molecule has 1 saturated heterocycles. The van der Waals surface area contributed by atoms with E-state index in [1.807, 2.05) is 12.1 Å². The number of thiazole rings is 1. The lowest BCUT2D eigenvalue weighted by atomic mass is 9.99. The predicted molar refractivity (Wildman–Crippen MR) is 120 cm³/mol. The third-order valence-corrected chi connectivity index (χ3v) is 5.90.